The van der Waals surface area contributed by atoms with Crippen LogP contribution >= 0.6 is 0 Å². The van der Waals surface area contributed by atoms with Crippen LogP contribution in [-0.4, -0.2) is 45.0 Å². The van der Waals surface area contributed by atoms with Gasteiger partial charge in [-0.15, -0.1) is 0 Å². The number of benzene rings is 1. The van der Waals surface area contributed by atoms with E-state index >= 15 is 0 Å². The van der Waals surface area contributed by atoms with Gasteiger partial charge >= 0.3 is 12.0 Å². The third-order valence-electron chi connectivity index (χ3n) is 3.38. The molecule has 0 atom stereocenters. The molecular weight excluding hydrogens is 312 g/mol. The summed E-state index contributed by atoms with van der Waals surface area (Å²) in [6.45, 7) is 0. The first-order valence-electron chi connectivity index (χ1n) is 6.96. The summed E-state index contributed by atoms with van der Waals surface area (Å²) in [4.78, 5) is 19.1. The normalized spacial score (nSPS) is 10.4. The molecule has 8 nitrogen and oxygen atoms in total. The molecule has 0 bridgehead atoms. The molecule has 2 heterocycles. The second-order valence-electron chi connectivity index (χ2n) is 4.81. The monoisotopic (exact) mass is 326 g/mol. The number of nitrogens with zero attached hydrogens (tertiary/aromatic N) is 4. The highest BCUT2D eigenvalue weighted by Crippen LogP contribution is 2.28. The van der Waals surface area contributed by atoms with E-state index in [2.05, 4.69) is 15.1 Å². The minimum atomic E-state index is -0.970. The number of rotatable bonds is 5. The smallest absolute Gasteiger partial charge is 0.335 e. The summed E-state index contributed by atoms with van der Waals surface area (Å²) in [6, 6.07) is 6.63. The number of carboxylic acids is 1. The molecule has 0 fully saturated rings. The van der Waals surface area contributed by atoms with E-state index in [1.807, 2.05) is 0 Å². The molecule has 0 unspecified atom stereocenters. The van der Waals surface area contributed by atoms with Crippen LogP contribution in [0.5, 0.6) is 11.9 Å². The zero-order valence-corrected chi connectivity index (χ0v) is 13.0. The van der Waals surface area contributed by atoms with E-state index in [4.69, 9.17) is 14.6 Å². The van der Waals surface area contributed by atoms with Gasteiger partial charge in [-0.3, -0.25) is 0 Å². The van der Waals surface area contributed by atoms with Crippen molar-refractivity contribution in [3.63, 3.8) is 0 Å². The summed E-state index contributed by atoms with van der Waals surface area (Å²) >= 11 is 0. The van der Waals surface area contributed by atoms with Gasteiger partial charge in [0.2, 0.25) is 5.88 Å². The van der Waals surface area contributed by atoms with Crippen LogP contribution in [0.25, 0.3) is 16.8 Å². The lowest BCUT2D eigenvalue weighted by Gasteiger charge is -2.06. The molecule has 3 aromatic rings. The van der Waals surface area contributed by atoms with Gasteiger partial charge in [0, 0.05) is 18.0 Å². The van der Waals surface area contributed by atoms with Gasteiger partial charge in [-0.2, -0.15) is 10.1 Å². The first kappa shape index (κ1) is 15.5. The molecule has 1 aromatic carbocycles. The number of ether oxygens (including phenoxy) is 2. The highest BCUT2D eigenvalue weighted by Gasteiger charge is 2.13. The number of hydrogen-bond acceptors (Lipinski definition) is 6. The Kier molecular flexibility index (Phi) is 4.11. The van der Waals surface area contributed by atoms with Crippen molar-refractivity contribution >= 4 is 5.97 Å². The standard InChI is InChI=1S/C16H14N4O4/c1-23-14-13(8-17-16(19-14)24-2)11-7-18-20(9-11)12-5-3-10(4-6-12)15(21)22/h3-9H,1-2H3,(H,21,22). The Morgan fingerprint density at radius 1 is 1.12 bits per heavy atom. The van der Waals surface area contributed by atoms with Crippen LogP contribution in [0.15, 0.2) is 42.9 Å². The lowest BCUT2D eigenvalue weighted by atomic mass is 10.2. The van der Waals surface area contributed by atoms with Gasteiger partial charge in [-0.25, -0.2) is 14.5 Å². The first-order chi connectivity index (χ1) is 11.6. The number of aromatic nitrogens is 4. The molecule has 0 spiro atoms. The Morgan fingerprint density at radius 3 is 2.50 bits per heavy atom. The highest BCUT2D eigenvalue weighted by atomic mass is 16.5. The molecule has 0 aliphatic rings. The van der Waals surface area contributed by atoms with Gasteiger partial charge in [-0.1, -0.05) is 0 Å². The SMILES string of the molecule is COc1ncc(-c2cnn(-c3ccc(C(=O)O)cc3)c2)c(OC)n1. The third kappa shape index (κ3) is 2.89. The predicted octanol–water partition coefficient (Wildman–Crippen LogP) is 2.04. The van der Waals surface area contributed by atoms with E-state index in [1.54, 1.807) is 35.4 Å². The summed E-state index contributed by atoms with van der Waals surface area (Å²) < 4.78 is 11.9. The van der Waals surface area contributed by atoms with Crippen LogP contribution in [0.2, 0.25) is 0 Å². The molecule has 0 saturated carbocycles. The molecule has 0 amide bonds. The zero-order valence-electron chi connectivity index (χ0n) is 13.0. The van der Waals surface area contributed by atoms with Gasteiger partial charge in [0.25, 0.3) is 0 Å². The molecule has 2 aromatic heterocycles. The summed E-state index contributed by atoms with van der Waals surface area (Å²) in [5, 5.41) is 13.2. The summed E-state index contributed by atoms with van der Waals surface area (Å²) in [6.07, 6.45) is 5.03. The molecule has 8 heteroatoms. The second-order valence-corrected chi connectivity index (χ2v) is 4.81. The van der Waals surface area contributed by atoms with Gasteiger partial charge in [0.1, 0.15) is 0 Å². The largest absolute Gasteiger partial charge is 0.480 e. The lowest BCUT2D eigenvalue weighted by molar-refractivity contribution is 0.0697. The molecule has 0 aliphatic heterocycles. The molecule has 1 N–H and O–H groups in total. The summed E-state index contributed by atoms with van der Waals surface area (Å²) in [5.41, 5.74) is 2.39. The van der Waals surface area contributed by atoms with Gasteiger partial charge in [0.15, 0.2) is 0 Å². The molecular formula is C16H14N4O4. The molecule has 0 aliphatic carbocycles. The van der Waals surface area contributed by atoms with Crippen LogP contribution in [0, 0.1) is 0 Å². The van der Waals surface area contributed by atoms with Crippen molar-refractivity contribution in [2.45, 2.75) is 0 Å². The minimum Gasteiger partial charge on any atom is -0.480 e. The van der Waals surface area contributed by atoms with Crippen LogP contribution in [0.3, 0.4) is 0 Å². The van der Waals surface area contributed by atoms with E-state index in [0.717, 1.165) is 11.3 Å². The topological polar surface area (TPSA) is 99.4 Å². The Hall–Kier alpha value is -3.42. The van der Waals surface area contributed by atoms with E-state index in [0.29, 0.717) is 11.4 Å². The Morgan fingerprint density at radius 2 is 1.88 bits per heavy atom. The molecule has 0 radical (unpaired) electrons. The zero-order chi connectivity index (χ0) is 17.1. The number of methoxy groups -OCH3 is 2. The summed E-state index contributed by atoms with van der Waals surface area (Å²) in [5.74, 6) is -0.592. The van der Waals surface area contributed by atoms with Crippen molar-refractivity contribution in [3.05, 3.63) is 48.4 Å². The predicted molar refractivity (Wildman–Crippen MR) is 84.7 cm³/mol. The van der Waals surface area contributed by atoms with Crippen LogP contribution in [0.1, 0.15) is 10.4 Å². The van der Waals surface area contributed by atoms with E-state index in [-0.39, 0.29) is 11.6 Å². The minimum absolute atomic E-state index is 0.215. The lowest BCUT2D eigenvalue weighted by Crippen LogP contribution is -1.98. The van der Waals surface area contributed by atoms with Crippen molar-refractivity contribution in [1.29, 1.82) is 0 Å². The van der Waals surface area contributed by atoms with E-state index < -0.39 is 5.97 Å². The van der Waals surface area contributed by atoms with Crippen molar-refractivity contribution in [2.24, 2.45) is 0 Å². The average Bonchev–Trinajstić information content (AvgIpc) is 3.11. The van der Waals surface area contributed by atoms with Crippen molar-refractivity contribution < 1.29 is 19.4 Å². The Labute approximate surface area is 137 Å². The molecule has 122 valence electrons. The van der Waals surface area contributed by atoms with E-state index in [1.165, 1.54) is 26.4 Å². The Bertz CT molecular complexity index is 874. The maximum atomic E-state index is 10.9. The Balaban J connectivity index is 1.94. The number of carboxylic acid groups (broad SMARTS) is 1. The van der Waals surface area contributed by atoms with Crippen molar-refractivity contribution in [1.82, 2.24) is 19.7 Å². The highest BCUT2D eigenvalue weighted by molar-refractivity contribution is 5.87. The average molecular weight is 326 g/mol. The van der Waals surface area contributed by atoms with Gasteiger partial charge in [0.05, 0.1) is 37.2 Å². The molecule has 0 saturated heterocycles. The van der Waals surface area contributed by atoms with Crippen molar-refractivity contribution in [3.8, 4) is 28.7 Å². The van der Waals surface area contributed by atoms with E-state index in [9.17, 15) is 4.79 Å². The fraction of sp³-hybridized carbons (Fsp3) is 0.125. The summed E-state index contributed by atoms with van der Waals surface area (Å²) in [7, 11) is 2.99. The number of hydrogen-bond donors (Lipinski definition) is 1. The fourth-order valence-electron chi connectivity index (χ4n) is 2.16. The number of carbonyl (C=O) groups is 1. The van der Waals surface area contributed by atoms with Crippen molar-refractivity contribution in [2.75, 3.05) is 14.2 Å². The third-order valence-corrected chi connectivity index (χ3v) is 3.38. The van der Waals surface area contributed by atoms with Gasteiger partial charge in [-0.05, 0) is 24.3 Å². The van der Waals surface area contributed by atoms with Crippen LogP contribution in [-0.2, 0) is 0 Å². The maximum absolute atomic E-state index is 10.9. The fourth-order valence-corrected chi connectivity index (χ4v) is 2.16. The first-order valence-corrected chi connectivity index (χ1v) is 6.96. The molecule has 24 heavy (non-hydrogen) atoms. The van der Waals surface area contributed by atoms with Crippen LogP contribution < -0.4 is 9.47 Å². The second kappa shape index (κ2) is 6.37. The quantitative estimate of drug-likeness (QED) is 0.766. The van der Waals surface area contributed by atoms with Gasteiger partial charge < -0.3 is 14.6 Å². The molecule has 3 rings (SSSR count). The number of aromatic carboxylic acids is 1. The van der Waals surface area contributed by atoms with Crippen LogP contribution in [0.4, 0.5) is 0 Å². The maximum Gasteiger partial charge on any atom is 0.335 e.